The number of rotatable bonds is 3. The SMILES string of the molecule is C=C1CCC2C3COCOC3CCC2(C)C1CCN1CCCCC1. The molecule has 2 aliphatic heterocycles. The molecule has 0 bridgehead atoms. The maximum absolute atomic E-state index is 5.94. The van der Waals surface area contributed by atoms with E-state index in [-0.39, 0.29) is 0 Å². The first kappa shape index (κ1) is 17.1. The largest absolute Gasteiger partial charge is 0.355 e. The lowest BCUT2D eigenvalue weighted by atomic mass is 9.50. The molecule has 4 fully saturated rings. The first-order valence-electron chi connectivity index (χ1n) is 10.3. The molecule has 2 aliphatic carbocycles. The molecule has 4 rings (SSSR count). The number of fused-ring (bicyclic) bond motifs is 3. The second-order valence-electron chi connectivity index (χ2n) is 8.95. The van der Waals surface area contributed by atoms with Crippen molar-refractivity contribution in [1.82, 2.24) is 4.90 Å². The molecule has 0 aromatic rings. The summed E-state index contributed by atoms with van der Waals surface area (Å²) in [4.78, 5) is 2.70. The van der Waals surface area contributed by atoms with Crippen molar-refractivity contribution >= 4 is 0 Å². The number of ether oxygens (including phenoxy) is 2. The molecular formula is C21H35NO2. The molecule has 24 heavy (non-hydrogen) atoms. The number of piperidine rings is 1. The standard InChI is InChI=1S/C21H35NO2/c1-16-6-7-19-17-14-23-15-24-20(17)8-10-21(19,2)18(16)9-13-22-11-4-3-5-12-22/h17-20H,1,3-15H2,2H3. The topological polar surface area (TPSA) is 21.7 Å². The molecule has 0 spiro atoms. The molecule has 5 atom stereocenters. The Morgan fingerprint density at radius 2 is 2.04 bits per heavy atom. The van der Waals surface area contributed by atoms with E-state index in [0.717, 1.165) is 12.5 Å². The quantitative estimate of drug-likeness (QED) is 0.721. The third-order valence-electron chi connectivity index (χ3n) is 7.73. The van der Waals surface area contributed by atoms with Crippen molar-refractivity contribution in [3.05, 3.63) is 12.2 Å². The van der Waals surface area contributed by atoms with Crippen molar-refractivity contribution in [2.75, 3.05) is 33.0 Å². The molecule has 0 amide bonds. The summed E-state index contributed by atoms with van der Waals surface area (Å²) in [5.41, 5.74) is 1.94. The second-order valence-corrected chi connectivity index (χ2v) is 8.95. The normalized spacial score (nSPS) is 44.0. The van der Waals surface area contributed by atoms with E-state index in [9.17, 15) is 0 Å². The second kappa shape index (κ2) is 7.09. The molecule has 0 radical (unpaired) electrons. The van der Waals surface area contributed by atoms with Gasteiger partial charge < -0.3 is 14.4 Å². The van der Waals surface area contributed by atoms with E-state index < -0.39 is 0 Å². The molecule has 2 saturated heterocycles. The predicted molar refractivity (Wildman–Crippen MR) is 96.8 cm³/mol. The van der Waals surface area contributed by atoms with E-state index in [1.807, 2.05) is 0 Å². The van der Waals surface area contributed by atoms with Crippen LogP contribution in [-0.4, -0.2) is 44.0 Å². The average Bonchev–Trinajstić information content (AvgIpc) is 2.61. The highest BCUT2D eigenvalue weighted by atomic mass is 16.7. The average molecular weight is 334 g/mol. The zero-order valence-corrected chi connectivity index (χ0v) is 15.5. The van der Waals surface area contributed by atoms with Gasteiger partial charge in [0.2, 0.25) is 0 Å². The van der Waals surface area contributed by atoms with Gasteiger partial charge in [-0.25, -0.2) is 0 Å². The van der Waals surface area contributed by atoms with Crippen LogP contribution >= 0.6 is 0 Å². The van der Waals surface area contributed by atoms with Gasteiger partial charge in [0.1, 0.15) is 6.79 Å². The minimum absolute atomic E-state index is 0.413. The summed E-state index contributed by atoms with van der Waals surface area (Å²) in [5.74, 6) is 2.07. The molecule has 3 nitrogen and oxygen atoms in total. The Hall–Kier alpha value is -0.380. The fourth-order valence-electron chi connectivity index (χ4n) is 6.34. The van der Waals surface area contributed by atoms with Crippen LogP contribution in [0, 0.1) is 23.2 Å². The first-order chi connectivity index (χ1) is 11.7. The minimum atomic E-state index is 0.413. The number of hydrogen-bond acceptors (Lipinski definition) is 3. The summed E-state index contributed by atoms with van der Waals surface area (Å²) in [5, 5.41) is 0. The zero-order chi connectivity index (χ0) is 16.6. The summed E-state index contributed by atoms with van der Waals surface area (Å²) in [6, 6.07) is 0. The number of likely N-dealkylation sites (tertiary alicyclic amines) is 1. The van der Waals surface area contributed by atoms with E-state index in [4.69, 9.17) is 9.47 Å². The molecular weight excluding hydrogens is 298 g/mol. The maximum atomic E-state index is 5.94. The van der Waals surface area contributed by atoms with E-state index in [0.29, 0.717) is 30.1 Å². The summed E-state index contributed by atoms with van der Waals surface area (Å²) < 4.78 is 11.6. The minimum Gasteiger partial charge on any atom is -0.355 e. The third kappa shape index (κ3) is 3.08. The van der Waals surface area contributed by atoms with Crippen LogP contribution < -0.4 is 0 Å². The van der Waals surface area contributed by atoms with Gasteiger partial charge >= 0.3 is 0 Å². The van der Waals surface area contributed by atoms with E-state index >= 15 is 0 Å². The van der Waals surface area contributed by atoms with Crippen LogP contribution in [0.2, 0.25) is 0 Å². The zero-order valence-electron chi connectivity index (χ0n) is 15.5. The molecule has 4 aliphatic rings. The first-order valence-corrected chi connectivity index (χ1v) is 10.3. The van der Waals surface area contributed by atoms with Crippen molar-refractivity contribution in [2.24, 2.45) is 23.2 Å². The molecule has 5 unspecified atom stereocenters. The van der Waals surface area contributed by atoms with Gasteiger partial charge in [-0.1, -0.05) is 25.5 Å². The molecule has 2 heterocycles. The molecule has 0 aromatic carbocycles. The smallest absolute Gasteiger partial charge is 0.147 e. The van der Waals surface area contributed by atoms with Gasteiger partial charge in [0.25, 0.3) is 0 Å². The van der Waals surface area contributed by atoms with Gasteiger partial charge in [-0.15, -0.1) is 0 Å². The maximum Gasteiger partial charge on any atom is 0.147 e. The predicted octanol–water partition coefficient (Wildman–Crippen LogP) is 4.23. The van der Waals surface area contributed by atoms with Crippen LogP contribution in [0.25, 0.3) is 0 Å². The Morgan fingerprint density at radius 3 is 2.88 bits per heavy atom. The molecule has 0 N–H and O–H groups in total. The Kier molecular flexibility index (Phi) is 5.04. The highest BCUT2D eigenvalue weighted by Gasteiger charge is 2.53. The fourth-order valence-corrected chi connectivity index (χ4v) is 6.34. The summed E-state index contributed by atoms with van der Waals surface area (Å²) in [6.07, 6.45) is 11.0. The van der Waals surface area contributed by atoms with Crippen LogP contribution in [0.4, 0.5) is 0 Å². The van der Waals surface area contributed by atoms with Crippen LogP contribution in [-0.2, 0) is 9.47 Å². The Balaban J connectivity index is 1.47. The van der Waals surface area contributed by atoms with E-state index in [1.165, 1.54) is 76.6 Å². The number of nitrogens with zero attached hydrogens (tertiary/aromatic N) is 1. The lowest BCUT2D eigenvalue weighted by Crippen LogP contribution is -2.54. The van der Waals surface area contributed by atoms with Gasteiger partial charge in [-0.2, -0.15) is 0 Å². The van der Waals surface area contributed by atoms with Crippen molar-refractivity contribution in [1.29, 1.82) is 0 Å². The van der Waals surface area contributed by atoms with Gasteiger partial charge in [-0.3, -0.25) is 0 Å². The molecule has 136 valence electrons. The van der Waals surface area contributed by atoms with Crippen molar-refractivity contribution < 1.29 is 9.47 Å². The van der Waals surface area contributed by atoms with E-state index in [1.54, 1.807) is 0 Å². The van der Waals surface area contributed by atoms with Crippen molar-refractivity contribution in [3.8, 4) is 0 Å². The Bertz CT molecular complexity index is 459. The van der Waals surface area contributed by atoms with Crippen molar-refractivity contribution in [2.45, 2.75) is 64.4 Å². The fraction of sp³-hybridized carbons (Fsp3) is 0.905. The van der Waals surface area contributed by atoms with Crippen LogP contribution in [0.1, 0.15) is 58.3 Å². The molecule has 0 aromatic heterocycles. The van der Waals surface area contributed by atoms with Crippen LogP contribution in [0.15, 0.2) is 12.2 Å². The Morgan fingerprint density at radius 1 is 1.21 bits per heavy atom. The summed E-state index contributed by atoms with van der Waals surface area (Å²) in [7, 11) is 0. The Labute approximate surface area is 147 Å². The van der Waals surface area contributed by atoms with E-state index in [2.05, 4.69) is 18.4 Å². The summed E-state index contributed by atoms with van der Waals surface area (Å²) >= 11 is 0. The lowest BCUT2D eigenvalue weighted by molar-refractivity contribution is -0.218. The van der Waals surface area contributed by atoms with Crippen molar-refractivity contribution in [3.63, 3.8) is 0 Å². The van der Waals surface area contributed by atoms with Gasteiger partial charge in [0.05, 0.1) is 12.7 Å². The number of allylic oxidation sites excluding steroid dienone is 1. The van der Waals surface area contributed by atoms with Gasteiger partial charge in [-0.05, 0) is 81.8 Å². The van der Waals surface area contributed by atoms with Gasteiger partial charge in [0, 0.05) is 5.92 Å². The molecule has 2 saturated carbocycles. The highest BCUT2D eigenvalue weighted by Crippen LogP contribution is 2.58. The monoisotopic (exact) mass is 333 g/mol. The highest BCUT2D eigenvalue weighted by molar-refractivity contribution is 5.15. The number of hydrogen-bond donors (Lipinski definition) is 0. The van der Waals surface area contributed by atoms with Gasteiger partial charge in [0.15, 0.2) is 0 Å². The van der Waals surface area contributed by atoms with Crippen LogP contribution in [0.3, 0.4) is 0 Å². The lowest BCUT2D eigenvalue weighted by Gasteiger charge is -2.57. The third-order valence-corrected chi connectivity index (χ3v) is 7.73. The summed E-state index contributed by atoms with van der Waals surface area (Å²) in [6.45, 7) is 12.4. The molecule has 3 heteroatoms. The van der Waals surface area contributed by atoms with Crippen LogP contribution in [0.5, 0.6) is 0 Å².